The first-order valence-electron chi connectivity index (χ1n) is 30.9. The first kappa shape index (κ1) is 22.1. The van der Waals surface area contributed by atoms with Gasteiger partial charge in [-0.25, -0.2) is 0 Å². The van der Waals surface area contributed by atoms with E-state index in [2.05, 4.69) is 0 Å². The van der Waals surface area contributed by atoms with Gasteiger partial charge in [-0.2, -0.15) is 0 Å². The van der Waals surface area contributed by atoms with E-state index < -0.39 is 112 Å². The second kappa shape index (κ2) is 11.9. The summed E-state index contributed by atoms with van der Waals surface area (Å²) < 4.78 is 208. The van der Waals surface area contributed by atoms with Crippen LogP contribution >= 0.6 is 0 Å². The van der Waals surface area contributed by atoms with Crippen molar-refractivity contribution in [1.29, 1.82) is 0 Å². The Balaban J connectivity index is 1.32. The molecule has 0 fully saturated rings. The highest BCUT2D eigenvalue weighted by atomic mass is 16.3. The summed E-state index contributed by atoms with van der Waals surface area (Å²) in [5, 5.41) is -0.613. The Kier molecular flexibility index (Phi) is 4.17. The Labute approximate surface area is 396 Å². The van der Waals surface area contributed by atoms with Crippen molar-refractivity contribution in [3.8, 4) is 5.69 Å². The zero-order chi connectivity index (χ0) is 60.6. The summed E-state index contributed by atoms with van der Waals surface area (Å²) in [5.41, 5.74) is -5.42. The lowest BCUT2D eigenvalue weighted by Crippen LogP contribution is -2.61. The van der Waals surface area contributed by atoms with Gasteiger partial charge in [0.25, 0.3) is 6.71 Å². The number of aromatic nitrogens is 1. The van der Waals surface area contributed by atoms with Gasteiger partial charge in [0.2, 0.25) is 0 Å². The van der Waals surface area contributed by atoms with Gasteiger partial charge >= 0.3 is 0 Å². The molecule has 0 saturated heterocycles. The highest BCUT2D eigenvalue weighted by molar-refractivity contribution is 7.00. The van der Waals surface area contributed by atoms with Crippen LogP contribution in [-0.4, -0.2) is 11.3 Å². The maximum atomic E-state index is 10.4. The summed E-state index contributed by atoms with van der Waals surface area (Å²) in [5.74, 6) is 0. The first-order chi connectivity index (χ1) is 38.5. The first-order valence-corrected chi connectivity index (χ1v) is 20.9. The van der Waals surface area contributed by atoms with Gasteiger partial charge in [-0.1, -0.05) is 105 Å². The summed E-state index contributed by atoms with van der Waals surface area (Å²) in [6, 6.07) is -9.71. The Morgan fingerprint density at radius 1 is 0.492 bits per heavy atom. The van der Waals surface area contributed by atoms with Crippen molar-refractivity contribution >= 4 is 112 Å². The SMILES string of the molecule is [2H]c1c([2H])c2c3c(c1[2H])-n1c4c([2H])c([2H])c(C(C)(C)C)c([2H])c4c4c([2H])c(C(C)(C)C)c([2H])c(c41)N3c1c([2H])c(C)c([2H])c3c1B2c1oc2c([2H])c([2H])c(C(C)(C)C)c([2H])c2c1N3c1c([2H])c([2H])c2oc3c([2H])c([2H])c([2H])c([2H])c3c2c1[2H]. The minimum absolute atomic E-state index is 0.0220. The molecule has 0 unspecified atom stereocenters. The number of hydrogen-bond donors (Lipinski definition) is 0. The molecule has 6 heterocycles. The van der Waals surface area contributed by atoms with Crippen molar-refractivity contribution < 1.29 is 36.2 Å². The molecule has 0 N–H and O–H groups in total. The van der Waals surface area contributed by atoms with Crippen molar-refractivity contribution in [3.63, 3.8) is 0 Å². The molecule has 5 nitrogen and oxygen atoms in total. The van der Waals surface area contributed by atoms with E-state index in [1.54, 1.807) is 62.3 Å². The molecule has 3 aromatic heterocycles. The quantitative estimate of drug-likeness (QED) is 0.154. The number of para-hydroxylation sites is 2. The number of hydrogen-bond acceptors (Lipinski definition) is 4. The zero-order valence-electron chi connectivity index (χ0n) is 56.2. The lowest BCUT2D eigenvalue weighted by molar-refractivity contribution is 0.590. The fourth-order valence-corrected chi connectivity index (χ4v) is 9.36. The summed E-state index contributed by atoms with van der Waals surface area (Å²) >= 11 is 0. The van der Waals surface area contributed by atoms with E-state index in [1.165, 1.54) is 21.3 Å². The normalized spacial score (nSPS) is 18.9. The van der Waals surface area contributed by atoms with E-state index in [0.29, 0.717) is 0 Å². The van der Waals surface area contributed by atoms with Crippen molar-refractivity contribution in [3.05, 3.63) is 143 Å². The predicted octanol–water partition coefficient (Wildman–Crippen LogP) is 14.0. The number of rotatable bonds is 1. The molecule has 0 amide bonds. The van der Waals surface area contributed by atoms with E-state index in [9.17, 15) is 21.9 Å². The Hall–Kier alpha value is -6.66. The van der Waals surface area contributed by atoms with Crippen LogP contribution in [0.4, 0.5) is 34.1 Å². The highest BCUT2D eigenvalue weighted by Gasteiger charge is 2.49. The molecule has 10 aromatic rings. The minimum atomic E-state index is -1.57. The van der Waals surface area contributed by atoms with E-state index in [-0.39, 0.29) is 165 Å². The second-order valence-corrected chi connectivity index (χ2v) is 19.8. The smallest absolute Gasteiger partial charge is 0.297 e. The second-order valence-electron chi connectivity index (χ2n) is 19.8. The van der Waals surface area contributed by atoms with Crippen molar-refractivity contribution in [2.75, 3.05) is 9.80 Å². The summed E-state index contributed by atoms with van der Waals surface area (Å²) in [6.45, 7) is 15.9. The molecule has 7 aromatic carbocycles. The third kappa shape index (κ3) is 4.90. The van der Waals surface area contributed by atoms with E-state index >= 15 is 0 Å². The van der Waals surface area contributed by atoms with Crippen molar-refractivity contribution in [2.45, 2.75) is 85.5 Å². The maximum Gasteiger partial charge on any atom is 0.297 e. The highest BCUT2D eigenvalue weighted by Crippen LogP contribution is 2.54. The van der Waals surface area contributed by atoms with E-state index in [0.717, 1.165) is 0 Å². The zero-order valence-corrected chi connectivity index (χ0v) is 36.2. The molecular weight excluding hydrogens is 769 g/mol. The van der Waals surface area contributed by atoms with Crippen LogP contribution in [0.1, 0.15) is 112 Å². The Bertz CT molecular complexity index is 4850. The van der Waals surface area contributed by atoms with Crippen LogP contribution in [0.3, 0.4) is 0 Å². The van der Waals surface area contributed by atoms with E-state index in [1.807, 2.05) is 0 Å². The van der Waals surface area contributed by atoms with Gasteiger partial charge < -0.3 is 23.2 Å². The predicted molar refractivity (Wildman–Crippen MR) is 266 cm³/mol. The van der Waals surface area contributed by atoms with Crippen molar-refractivity contribution in [2.24, 2.45) is 0 Å². The van der Waals surface area contributed by atoms with Crippen molar-refractivity contribution in [1.82, 2.24) is 4.57 Å². The molecule has 3 aliphatic rings. The summed E-state index contributed by atoms with van der Waals surface area (Å²) in [6.07, 6.45) is 0. The molecule has 3 aliphatic heterocycles. The van der Waals surface area contributed by atoms with Gasteiger partial charge in [0.15, 0.2) is 0 Å². The van der Waals surface area contributed by atoms with Crippen LogP contribution < -0.4 is 26.4 Å². The number of furan rings is 2. The molecule has 0 atom stereocenters. The molecule has 0 aliphatic carbocycles. The van der Waals surface area contributed by atoms with Crippen LogP contribution in [0.25, 0.3) is 60.4 Å². The van der Waals surface area contributed by atoms with Crippen LogP contribution in [-0.2, 0) is 16.2 Å². The summed E-state index contributed by atoms with van der Waals surface area (Å²) in [4.78, 5) is 2.73. The molecule has 63 heavy (non-hydrogen) atoms. The molecule has 6 heteroatoms. The molecule has 308 valence electrons. The van der Waals surface area contributed by atoms with Gasteiger partial charge in [-0.3, -0.25) is 0 Å². The van der Waals surface area contributed by atoms with Gasteiger partial charge in [0.05, 0.1) is 66.9 Å². The maximum absolute atomic E-state index is 10.4. The van der Waals surface area contributed by atoms with Crippen LogP contribution in [0, 0.1) is 6.92 Å². The average Bonchev–Trinajstić information content (AvgIpc) is 2.13. The molecule has 0 radical (unpaired) electrons. The Morgan fingerprint density at radius 3 is 1.90 bits per heavy atom. The number of fused-ring (bicyclic) bond motifs is 14. The topological polar surface area (TPSA) is 37.7 Å². The monoisotopic (exact) mass is 840 g/mol. The third-order valence-corrected chi connectivity index (χ3v) is 12.4. The Morgan fingerprint density at radius 2 is 1.14 bits per heavy atom. The number of anilines is 6. The van der Waals surface area contributed by atoms with E-state index in [4.69, 9.17) is 14.3 Å². The standard InChI is InChI=1S/C57H50BN3O2/c1-31-24-44-50-45(25-31)61-46-29-34(57(8,9)10)28-39-37-26-32(55(2,3)4)18-21-42(37)60(51(39)46)43-16-13-15-41(53(43)61)58(50)54-52(40-27-33(56(5,6)7)19-22-49(40)63-54)59(44)35-20-23-48-38(30-35)36-14-11-12-17-47(36)62-48/h11-30H,1-10H3/i11D,12D,13D,14D,15D,16D,17D,18D,19D,20D,21D,22D,23D,24D,25D,26D,27D,28D,29D,30D. The average molecular weight is 840 g/mol. The van der Waals surface area contributed by atoms with Gasteiger partial charge in [0.1, 0.15) is 16.7 Å². The molecular formula is C57H50BN3O2. The summed E-state index contributed by atoms with van der Waals surface area (Å²) in [7, 11) is 0. The molecule has 13 rings (SSSR count). The lowest BCUT2D eigenvalue weighted by atomic mass is 9.35. The van der Waals surface area contributed by atoms with Crippen LogP contribution in [0.5, 0.6) is 0 Å². The van der Waals surface area contributed by atoms with Crippen LogP contribution in [0.2, 0.25) is 0 Å². The van der Waals surface area contributed by atoms with Gasteiger partial charge in [0, 0.05) is 44.0 Å². The fraction of sp³-hybridized carbons (Fsp3) is 0.228. The van der Waals surface area contributed by atoms with Crippen LogP contribution in [0.15, 0.2) is 130 Å². The van der Waals surface area contributed by atoms with Gasteiger partial charge in [-0.15, -0.1) is 0 Å². The van der Waals surface area contributed by atoms with Gasteiger partial charge in [-0.05, 0) is 135 Å². The fourth-order valence-electron chi connectivity index (χ4n) is 9.36. The third-order valence-electron chi connectivity index (χ3n) is 12.4. The minimum Gasteiger partial charge on any atom is -0.468 e. The number of benzene rings is 7. The molecule has 0 bridgehead atoms. The number of nitrogens with zero attached hydrogens (tertiary/aromatic N) is 3. The molecule has 0 spiro atoms. The largest absolute Gasteiger partial charge is 0.468 e. The molecule has 0 saturated carbocycles. The lowest BCUT2D eigenvalue weighted by Gasteiger charge is -2.45.